The minimum atomic E-state index is -0.620. The van der Waals surface area contributed by atoms with Crippen LogP contribution in [0.4, 0.5) is 4.39 Å². The summed E-state index contributed by atoms with van der Waals surface area (Å²) in [7, 11) is 0. The second-order valence-corrected chi connectivity index (χ2v) is 7.14. The highest BCUT2D eigenvalue weighted by molar-refractivity contribution is 5.89. The number of rotatable bonds is 9. The van der Waals surface area contributed by atoms with E-state index in [4.69, 9.17) is 14.9 Å². The number of furan rings is 1. The first-order valence-corrected chi connectivity index (χ1v) is 9.82. The third-order valence-electron chi connectivity index (χ3n) is 4.62. The fourth-order valence-corrected chi connectivity index (χ4v) is 2.76. The lowest BCUT2D eigenvalue weighted by molar-refractivity contribution is 0.0972. The molecule has 0 aliphatic heterocycles. The minimum absolute atomic E-state index is 0.0981. The second-order valence-electron chi connectivity index (χ2n) is 7.14. The molecule has 29 heavy (non-hydrogen) atoms. The lowest BCUT2D eigenvalue weighted by Crippen LogP contribution is -2.38. The molecule has 1 heterocycles. The van der Waals surface area contributed by atoms with Crippen molar-refractivity contribution in [3.05, 3.63) is 53.2 Å². The van der Waals surface area contributed by atoms with Crippen LogP contribution >= 0.6 is 0 Å². The number of carbonyl (C=O) groups is 1. The Bertz CT molecular complexity index is 877. The predicted molar refractivity (Wildman–Crippen MR) is 108 cm³/mol. The third-order valence-corrected chi connectivity index (χ3v) is 4.62. The molecule has 0 radical (unpaired) electrons. The second kappa shape index (κ2) is 9.45. The van der Waals surface area contributed by atoms with Gasteiger partial charge in [0, 0.05) is 6.54 Å². The number of benzene rings is 1. The molecule has 4 N–H and O–H groups in total. The van der Waals surface area contributed by atoms with Crippen LogP contribution in [0.2, 0.25) is 0 Å². The Labute approximate surface area is 169 Å². The fourth-order valence-electron chi connectivity index (χ4n) is 2.76. The SMILES string of the molecule is CCNC(=NCc1ccc(C(N)=O)o1)NC(C)c1ccc(OCC2CC2)c(F)c1. The van der Waals surface area contributed by atoms with Gasteiger partial charge in [-0.1, -0.05) is 6.07 Å². The van der Waals surface area contributed by atoms with E-state index in [0.717, 1.165) is 18.4 Å². The summed E-state index contributed by atoms with van der Waals surface area (Å²) in [6.07, 6.45) is 2.32. The lowest BCUT2D eigenvalue weighted by Gasteiger charge is -2.19. The standard InChI is InChI=1S/C21H27FN4O3/c1-3-24-21(25-11-16-7-9-19(29-16)20(23)27)26-13(2)15-6-8-18(17(22)10-15)28-12-14-4-5-14/h6-10,13-14H,3-5,11-12H2,1-2H3,(H2,23,27)(H2,24,25,26). The molecule has 1 aliphatic carbocycles. The molecule has 8 heteroatoms. The summed E-state index contributed by atoms with van der Waals surface area (Å²) < 4.78 is 25.2. The number of hydrogen-bond acceptors (Lipinski definition) is 4. The van der Waals surface area contributed by atoms with Gasteiger partial charge in [-0.05, 0) is 62.4 Å². The van der Waals surface area contributed by atoms with Gasteiger partial charge in [0.05, 0.1) is 12.6 Å². The van der Waals surface area contributed by atoms with Gasteiger partial charge < -0.3 is 25.5 Å². The number of carbonyl (C=O) groups excluding carboxylic acids is 1. The topological polar surface area (TPSA) is 102 Å². The summed E-state index contributed by atoms with van der Waals surface area (Å²) in [4.78, 5) is 15.6. The molecule has 0 spiro atoms. The molecule has 7 nitrogen and oxygen atoms in total. The highest BCUT2D eigenvalue weighted by Crippen LogP contribution is 2.30. The highest BCUT2D eigenvalue weighted by Gasteiger charge is 2.22. The van der Waals surface area contributed by atoms with Gasteiger partial charge in [-0.2, -0.15) is 0 Å². The zero-order chi connectivity index (χ0) is 20.8. The summed E-state index contributed by atoms with van der Waals surface area (Å²) in [6, 6.07) is 7.99. The zero-order valence-corrected chi connectivity index (χ0v) is 16.7. The predicted octanol–water partition coefficient (Wildman–Crippen LogP) is 3.12. The zero-order valence-electron chi connectivity index (χ0n) is 16.7. The number of halogens is 1. The van der Waals surface area contributed by atoms with Gasteiger partial charge in [0.25, 0.3) is 5.91 Å². The van der Waals surface area contributed by atoms with Crippen molar-refractivity contribution in [1.82, 2.24) is 10.6 Å². The summed E-state index contributed by atoms with van der Waals surface area (Å²) in [5, 5.41) is 6.37. The van der Waals surface area contributed by atoms with Gasteiger partial charge in [0.15, 0.2) is 23.3 Å². The molecule has 1 fully saturated rings. The van der Waals surface area contributed by atoms with E-state index in [2.05, 4.69) is 15.6 Å². The number of amides is 1. The van der Waals surface area contributed by atoms with E-state index in [1.54, 1.807) is 12.1 Å². The maximum atomic E-state index is 14.4. The summed E-state index contributed by atoms with van der Waals surface area (Å²) in [6.45, 7) is 5.34. The van der Waals surface area contributed by atoms with E-state index in [-0.39, 0.29) is 29.9 Å². The van der Waals surface area contributed by atoms with Crippen LogP contribution in [0.1, 0.15) is 54.6 Å². The van der Waals surface area contributed by atoms with Crippen molar-refractivity contribution in [3.63, 3.8) is 0 Å². The van der Waals surface area contributed by atoms with E-state index < -0.39 is 5.91 Å². The Morgan fingerprint density at radius 1 is 1.38 bits per heavy atom. The van der Waals surface area contributed by atoms with Crippen molar-refractivity contribution in [2.75, 3.05) is 13.2 Å². The van der Waals surface area contributed by atoms with E-state index in [1.165, 1.54) is 12.1 Å². The monoisotopic (exact) mass is 402 g/mol. The lowest BCUT2D eigenvalue weighted by atomic mass is 10.1. The molecule has 2 aromatic rings. The van der Waals surface area contributed by atoms with Crippen LogP contribution in [-0.4, -0.2) is 25.0 Å². The van der Waals surface area contributed by atoms with Crippen molar-refractivity contribution in [2.45, 2.75) is 39.3 Å². The largest absolute Gasteiger partial charge is 0.490 e. The molecule has 0 bridgehead atoms. The Morgan fingerprint density at radius 2 is 2.17 bits per heavy atom. The van der Waals surface area contributed by atoms with Crippen molar-refractivity contribution < 1.29 is 18.3 Å². The van der Waals surface area contributed by atoms with Crippen LogP contribution in [-0.2, 0) is 6.54 Å². The molecule has 1 aromatic carbocycles. The normalized spacial score (nSPS) is 15.1. The first kappa shape index (κ1) is 20.7. The molecule has 0 saturated heterocycles. The fraction of sp³-hybridized carbons (Fsp3) is 0.429. The molecule has 1 unspecified atom stereocenters. The molecular formula is C21H27FN4O3. The first-order chi connectivity index (χ1) is 14.0. The molecule has 1 amide bonds. The van der Waals surface area contributed by atoms with E-state index in [0.29, 0.717) is 30.8 Å². The summed E-state index contributed by atoms with van der Waals surface area (Å²) >= 11 is 0. The average Bonchev–Trinajstić information content (AvgIpc) is 3.39. The van der Waals surface area contributed by atoms with E-state index >= 15 is 0 Å². The number of guanidine groups is 1. The minimum Gasteiger partial charge on any atom is -0.490 e. The van der Waals surface area contributed by atoms with Crippen LogP contribution in [0.15, 0.2) is 39.7 Å². The van der Waals surface area contributed by atoms with Gasteiger partial charge >= 0.3 is 0 Å². The highest BCUT2D eigenvalue weighted by atomic mass is 19.1. The van der Waals surface area contributed by atoms with Gasteiger partial charge in [-0.3, -0.25) is 4.79 Å². The maximum absolute atomic E-state index is 14.4. The summed E-state index contributed by atoms with van der Waals surface area (Å²) in [5.74, 6) is 1.04. The van der Waals surface area contributed by atoms with Gasteiger partial charge in [-0.25, -0.2) is 9.38 Å². The Balaban J connectivity index is 1.62. The van der Waals surface area contributed by atoms with Crippen molar-refractivity contribution in [1.29, 1.82) is 0 Å². The Kier molecular flexibility index (Phi) is 6.74. The Hall–Kier alpha value is -3.03. The number of nitrogens with two attached hydrogens (primary N) is 1. The molecule has 1 saturated carbocycles. The van der Waals surface area contributed by atoms with Crippen LogP contribution in [0.3, 0.4) is 0 Å². The first-order valence-electron chi connectivity index (χ1n) is 9.82. The Morgan fingerprint density at radius 3 is 2.79 bits per heavy atom. The van der Waals surface area contributed by atoms with Crippen molar-refractivity contribution in [2.24, 2.45) is 16.6 Å². The van der Waals surface area contributed by atoms with Crippen molar-refractivity contribution in [3.8, 4) is 5.75 Å². The number of nitrogens with zero attached hydrogens (tertiary/aromatic N) is 1. The van der Waals surface area contributed by atoms with Crippen LogP contribution in [0.5, 0.6) is 5.75 Å². The third kappa shape index (κ3) is 5.97. The molecule has 3 rings (SSSR count). The van der Waals surface area contributed by atoms with Gasteiger partial charge in [0.2, 0.25) is 0 Å². The van der Waals surface area contributed by atoms with Crippen LogP contribution in [0.25, 0.3) is 0 Å². The van der Waals surface area contributed by atoms with E-state index in [1.807, 2.05) is 19.9 Å². The number of hydrogen-bond donors (Lipinski definition) is 3. The molecule has 156 valence electrons. The average molecular weight is 402 g/mol. The molecule has 1 atom stereocenters. The molecular weight excluding hydrogens is 375 g/mol. The van der Waals surface area contributed by atoms with Gasteiger partial charge in [0.1, 0.15) is 12.3 Å². The number of aliphatic imine (C=N–C) groups is 1. The summed E-state index contributed by atoms with van der Waals surface area (Å²) in [5.41, 5.74) is 5.97. The number of nitrogens with one attached hydrogen (secondary N) is 2. The number of ether oxygens (including phenoxy) is 1. The number of primary amides is 1. The quantitative estimate of drug-likeness (QED) is 0.442. The van der Waals surface area contributed by atoms with Gasteiger partial charge in [-0.15, -0.1) is 0 Å². The molecule has 1 aliphatic rings. The van der Waals surface area contributed by atoms with E-state index in [9.17, 15) is 9.18 Å². The molecule has 1 aromatic heterocycles. The smallest absolute Gasteiger partial charge is 0.284 e. The van der Waals surface area contributed by atoms with Crippen LogP contribution < -0.4 is 21.1 Å². The maximum Gasteiger partial charge on any atom is 0.284 e. The van der Waals surface area contributed by atoms with Crippen LogP contribution in [0, 0.1) is 11.7 Å². The van der Waals surface area contributed by atoms with Crippen molar-refractivity contribution >= 4 is 11.9 Å².